The third-order valence-corrected chi connectivity index (χ3v) is 4.38. The molecule has 4 rings (SSSR count). The van der Waals surface area contributed by atoms with Gasteiger partial charge in [0, 0.05) is 11.1 Å². The zero-order chi connectivity index (χ0) is 15.6. The molecule has 0 spiro atoms. The summed E-state index contributed by atoms with van der Waals surface area (Å²) in [5, 5.41) is 14.9. The molecule has 0 saturated carbocycles. The first kappa shape index (κ1) is 13.7. The lowest BCUT2D eigenvalue weighted by atomic mass is 10.1. The third kappa shape index (κ3) is 2.62. The predicted octanol–water partition coefficient (Wildman–Crippen LogP) is 4.54. The third-order valence-electron chi connectivity index (χ3n) is 3.70. The Bertz CT molecular complexity index is 973. The van der Waals surface area contributed by atoms with Crippen LogP contribution in [0.3, 0.4) is 0 Å². The molecular formula is C18H13N3OS. The summed E-state index contributed by atoms with van der Waals surface area (Å²) in [6.45, 7) is 0. The van der Waals surface area contributed by atoms with Crippen LogP contribution in [0.15, 0.2) is 65.5 Å². The first-order valence-corrected chi connectivity index (χ1v) is 8.11. The minimum absolute atomic E-state index is 0.151. The summed E-state index contributed by atoms with van der Waals surface area (Å²) in [6, 6.07) is 15.5. The number of para-hydroxylation sites is 1. The number of hydrogen-bond acceptors (Lipinski definition) is 3. The van der Waals surface area contributed by atoms with Gasteiger partial charge in [-0.25, -0.2) is 0 Å². The lowest BCUT2D eigenvalue weighted by Gasteiger charge is -2.07. The lowest BCUT2D eigenvalue weighted by Crippen LogP contribution is -2.12. The van der Waals surface area contributed by atoms with Gasteiger partial charge in [-0.15, -0.1) is 0 Å². The molecule has 2 heterocycles. The fourth-order valence-corrected chi connectivity index (χ4v) is 3.23. The zero-order valence-corrected chi connectivity index (χ0v) is 12.9. The maximum absolute atomic E-state index is 12.6. The van der Waals surface area contributed by atoms with Crippen molar-refractivity contribution in [2.75, 3.05) is 5.32 Å². The van der Waals surface area contributed by atoms with Gasteiger partial charge >= 0.3 is 0 Å². The summed E-state index contributed by atoms with van der Waals surface area (Å²) in [7, 11) is 0. The van der Waals surface area contributed by atoms with E-state index in [1.54, 1.807) is 23.6 Å². The molecule has 0 unspecified atom stereocenters. The molecule has 5 heteroatoms. The number of hydrogen-bond donors (Lipinski definition) is 2. The largest absolute Gasteiger partial charge is 0.322 e. The van der Waals surface area contributed by atoms with Gasteiger partial charge < -0.3 is 5.32 Å². The molecule has 0 saturated heterocycles. The number of aromatic amines is 1. The predicted molar refractivity (Wildman–Crippen MR) is 93.8 cm³/mol. The summed E-state index contributed by atoms with van der Waals surface area (Å²) >= 11 is 1.66. The summed E-state index contributed by atoms with van der Waals surface area (Å²) in [5.74, 6) is -0.151. The fraction of sp³-hybridized carbons (Fsp3) is 0. The zero-order valence-electron chi connectivity index (χ0n) is 12.1. The molecule has 4 aromatic rings. The number of carbonyl (C=O) groups excluding carboxylic acids is 1. The molecule has 0 aliphatic heterocycles. The molecule has 1 amide bonds. The van der Waals surface area contributed by atoms with Crippen LogP contribution in [-0.2, 0) is 0 Å². The number of H-pyrrole nitrogens is 1. The average molecular weight is 319 g/mol. The molecule has 23 heavy (non-hydrogen) atoms. The second-order valence-corrected chi connectivity index (χ2v) is 5.97. The van der Waals surface area contributed by atoms with Crippen molar-refractivity contribution in [1.82, 2.24) is 10.2 Å². The molecule has 4 nitrogen and oxygen atoms in total. The van der Waals surface area contributed by atoms with Crippen LogP contribution >= 0.6 is 11.3 Å². The number of nitrogens with zero attached hydrogens (tertiary/aromatic N) is 1. The standard InChI is InChI=1S/C18H13N3OS/c22-18(16-6-2-4-13-10-19-21-17(13)16)20-15-5-1-3-12(9-15)14-7-8-23-11-14/h1-11H,(H,19,21)(H,20,22). The Morgan fingerprint density at radius 1 is 1.09 bits per heavy atom. The molecule has 2 aromatic carbocycles. The molecule has 0 atom stereocenters. The number of aromatic nitrogens is 2. The molecule has 2 aromatic heterocycles. The monoisotopic (exact) mass is 319 g/mol. The van der Waals surface area contributed by atoms with Crippen molar-refractivity contribution in [2.24, 2.45) is 0 Å². The maximum atomic E-state index is 12.6. The Kier molecular flexibility index (Phi) is 3.40. The second kappa shape index (κ2) is 5.70. The van der Waals surface area contributed by atoms with E-state index in [-0.39, 0.29) is 5.91 Å². The van der Waals surface area contributed by atoms with Crippen LogP contribution in [0, 0.1) is 0 Å². The van der Waals surface area contributed by atoms with E-state index in [1.165, 1.54) is 0 Å². The van der Waals surface area contributed by atoms with Gasteiger partial charge in [-0.1, -0.05) is 24.3 Å². The molecule has 0 aliphatic carbocycles. The van der Waals surface area contributed by atoms with Crippen molar-refractivity contribution in [2.45, 2.75) is 0 Å². The van der Waals surface area contributed by atoms with Gasteiger partial charge in [-0.2, -0.15) is 16.4 Å². The average Bonchev–Trinajstić information content (AvgIpc) is 3.26. The van der Waals surface area contributed by atoms with Crippen molar-refractivity contribution >= 4 is 33.8 Å². The van der Waals surface area contributed by atoms with Gasteiger partial charge in [0.15, 0.2) is 0 Å². The van der Waals surface area contributed by atoms with Crippen molar-refractivity contribution in [3.8, 4) is 11.1 Å². The van der Waals surface area contributed by atoms with Gasteiger partial charge in [0.25, 0.3) is 5.91 Å². The summed E-state index contributed by atoms with van der Waals surface area (Å²) in [4.78, 5) is 12.6. The Hall–Kier alpha value is -2.92. The number of amides is 1. The molecular weight excluding hydrogens is 306 g/mol. The molecule has 0 aliphatic rings. The lowest BCUT2D eigenvalue weighted by molar-refractivity contribution is 0.102. The van der Waals surface area contributed by atoms with Gasteiger partial charge in [0.1, 0.15) is 0 Å². The minimum Gasteiger partial charge on any atom is -0.322 e. The van der Waals surface area contributed by atoms with Crippen LogP contribution in [0.25, 0.3) is 22.0 Å². The Balaban J connectivity index is 1.64. The van der Waals surface area contributed by atoms with E-state index in [9.17, 15) is 4.79 Å². The number of nitrogens with one attached hydrogen (secondary N) is 2. The van der Waals surface area contributed by atoms with Gasteiger partial charge in [-0.05, 0) is 46.2 Å². The highest BCUT2D eigenvalue weighted by Crippen LogP contribution is 2.25. The Morgan fingerprint density at radius 2 is 2.00 bits per heavy atom. The van der Waals surface area contributed by atoms with Crippen LogP contribution in [-0.4, -0.2) is 16.1 Å². The number of carbonyl (C=O) groups is 1. The van der Waals surface area contributed by atoms with Crippen molar-refractivity contribution < 1.29 is 4.79 Å². The molecule has 0 bridgehead atoms. The summed E-state index contributed by atoms with van der Waals surface area (Å²) in [6.07, 6.45) is 1.71. The van der Waals surface area contributed by atoms with E-state index in [2.05, 4.69) is 27.0 Å². The smallest absolute Gasteiger partial charge is 0.257 e. The van der Waals surface area contributed by atoms with Crippen LogP contribution in [0.4, 0.5) is 5.69 Å². The number of thiophene rings is 1. The van der Waals surface area contributed by atoms with Gasteiger partial charge in [0.2, 0.25) is 0 Å². The molecule has 112 valence electrons. The van der Waals surface area contributed by atoms with E-state index >= 15 is 0 Å². The minimum atomic E-state index is -0.151. The van der Waals surface area contributed by atoms with Crippen LogP contribution in [0.2, 0.25) is 0 Å². The topological polar surface area (TPSA) is 57.8 Å². The molecule has 0 radical (unpaired) electrons. The SMILES string of the molecule is O=C(Nc1cccc(-c2ccsc2)c1)c1cccc2cn[nH]c12. The summed E-state index contributed by atoms with van der Waals surface area (Å²) < 4.78 is 0. The summed E-state index contributed by atoms with van der Waals surface area (Å²) in [5.41, 5.74) is 4.35. The van der Waals surface area contributed by atoms with E-state index < -0.39 is 0 Å². The van der Waals surface area contributed by atoms with Crippen molar-refractivity contribution in [3.05, 3.63) is 71.1 Å². The first-order chi connectivity index (χ1) is 11.3. The number of benzene rings is 2. The highest BCUT2D eigenvalue weighted by atomic mass is 32.1. The van der Waals surface area contributed by atoms with Crippen LogP contribution < -0.4 is 5.32 Å². The van der Waals surface area contributed by atoms with E-state index in [4.69, 9.17) is 0 Å². The van der Waals surface area contributed by atoms with E-state index in [1.807, 2.05) is 41.8 Å². The van der Waals surface area contributed by atoms with Gasteiger partial charge in [0.05, 0.1) is 17.3 Å². The maximum Gasteiger partial charge on any atom is 0.257 e. The Labute approximate surface area is 136 Å². The van der Waals surface area contributed by atoms with Crippen LogP contribution in [0.5, 0.6) is 0 Å². The number of anilines is 1. The fourth-order valence-electron chi connectivity index (χ4n) is 2.56. The first-order valence-electron chi connectivity index (χ1n) is 7.17. The molecule has 0 fully saturated rings. The number of fused-ring (bicyclic) bond motifs is 1. The van der Waals surface area contributed by atoms with Crippen LogP contribution in [0.1, 0.15) is 10.4 Å². The van der Waals surface area contributed by atoms with Crippen molar-refractivity contribution in [1.29, 1.82) is 0 Å². The highest BCUT2D eigenvalue weighted by Gasteiger charge is 2.11. The van der Waals surface area contributed by atoms with Crippen molar-refractivity contribution in [3.63, 3.8) is 0 Å². The quantitative estimate of drug-likeness (QED) is 0.582. The van der Waals surface area contributed by atoms with E-state index in [0.29, 0.717) is 5.56 Å². The van der Waals surface area contributed by atoms with Gasteiger partial charge in [-0.3, -0.25) is 9.89 Å². The van der Waals surface area contributed by atoms with E-state index in [0.717, 1.165) is 27.7 Å². The molecule has 2 N–H and O–H groups in total. The second-order valence-electron chi connectivity index (χ2n) is 5.19. The highest BCUT2D eigenvalue weighted by molar-refractivity contribution is 7.08. The Morgan fingerprint density at radius 3 is 2.87 bits per heavy atom. The number of rotatable bonds is 3. The normalized spacial score (nSPS) is 10.8.